The molecular formula is C20H29N5O4. The van der Waals surface area contributed by atoms with Crippen LogP contribution in [0.1, 0.15) is 54.3 Å². The lowest BCUT2D eigenvalue weighted by atomic mass is 10.0. The van der Waals surface area contributed by atoms with Crippen molar-refractivity contribution in [3.8, 4) is 0 Å². The molecule has 158 valence electrons. The van der Waals surface area contributed by atoms with Crippen LogP contribution < -0.4 is 0 Å². The molecule has 2 fully saturated rings. The normalized spacial score (nSPS) is 20.4. The van der Waals surface area contributed by atoms with Crippen molar-refractivity contribution in [3.63, 3.8) is 0 Å². The molecule has 0 radical (unpaired) electrons. The molecule has 9 nitrogen and oxygen atoms in total. The second-order valence-electron chi connectivity index (χ2n) is 7.70. The fourth-order valence-electron chi connectivity index (χ4n) is 3.94. The Morgan fingerprint density at radius 2 is 2.17 bits per heavy atom. The van der Waals surface area contributed by atoms with Gasteiger partial charge in [0.1, 0.15) is 5.69 Å². The number of amides is 1. The largest absolute Gasteiger partial charge is 0.381 e. The second-order valence-corrected chi connectivity index (χ2v) is 7.70. The van der Waals surface area contributed by atoms with E-state index >= 15 is 0 Å². The fraction of sp³-hybridized carbons (Fsp3) is 0.700. The van der Waals surface area contributed by atoms with Gasteiger partial charge in [-0.05, 0) is 38.2 Å². The lowest BCUT2D eigenvalue weighted by molar-refractivity contribution is 0.0211. The van der Waals surface area contributed by atoms with Gasteiger partial charge in [0, 0.05) is 52.1 Å². The molecule has 2 aromatic rings. The van der Waals surface area contributed by atoms with Crippen molar-refractivity contribution >= 4 is 5.91 Å². The Kier molecular flexibility index (Phi) is 6.56. The lowest BCUT2D eigenvalue weighted by Gasteiger charge is -2.21. The van der Waals surface area contributed by atoms with E-state index in [4.69, 9.17) is 14.0 Å². The number of carbonyl (C=O) groups excluding carboxylic acids is 1. The number of rotatable bonds is 8. The van der Waals surface area contributed by atoms with Crippen LogP contribution in [0.2, 0.25) is 0 Å². The first-order chi connectivity index (χ1) is 14.2. The first-order valence-electron chi connectivity index (χ1n) is 10.5. The molecule has 4 heterocycles. The Morgan fingerprint density at radius 1 is 1.31 bits per heavy atom. The van der Waals surface area contributed by atoms with Gasteiger partial charge in [0.15, 0.2) is 5.82 Å². The molecule has 29 heavy (non-hydrogen) atoms. The van der Waals surface area contributed by atoms with E-state index in [9.17, 15) is 4.79 Å². The van der Waals surface area contributed by atoms with Gasteiger partial charge in [0.2, 0.25) is 5.89 Å². The Hall–Kier alpha value is -2.26. The summed E-state index contributed by atoms with van der Waals surface area (Å²) in [5.41, 5.74) is 0.626. The number of ether oxygens (including phenoxy) is 2. The van der Waals surface area contributed by atoms with Gasteiger partial charge in [0.05, 0.1) is 12.5 Å². The first kappa shape index (κ1) is 20.0. The minimum Gasteiger partial charge on any atom is -0.381 e. The van der Waals surface area contributed by atoms with Gasteiger partial charge in [-0.2, -0.15) is 10.1 Å². The average Bonchev–Trinajstić information content (AvgIpc) is 3.51. The van der Waals surface area contributed by atoms with Gasteiger partial charge in [-0.1, -0.05) is 5.16 Å². The summed E-state index contributed by atoms with van der Waals surface area (Å²) in [6.07, 6.45) is 5.27. The van der Waals surface area contributed by atoms with E-state index in [1.54, 1.807) is 16.9 Å². The Bertz CT molecular complexity index is 798. The highest BCUT2D eigenvalue weighted by Gasteiger charge is 2.32. The molecule has 9 heteroatoms. The zero-order valence-corrected chi connectivity index (χ0v) is 17.0. The zero-order chi connectivity index (χ0) is 20.1. The van der Waals surface area contributed by atoms with Crippen molar-refractivity contribution in [2.75, 3.05) is 39.5 Å². The predicted molar refractivity (Wildman–Crippen MR) is 104 cm³/mol. The molecule has 0 aliphatic carbocycles. The molecule has 2 saturated heterocycles. The molecule has 2 aliphatic heterocycles. The number of likely N-dealkylation sites (tertiary alicyclic amines) is 1. The maximum atomic E-state index is 12.7. The van der Waals surface area contributed by atoms with Gasteiger partial charge in [-0.15, -0.1) is 0 Å². The molecule has 0 N–H and O–H groups in total. The summed E-state index contributed by atoms with van der Waals surface area (Å²) in [6.45, 7) is 6.96. The number of hydrogen-bond acceptors (Lipinski definition) is 7. The van der Waals surface area contributed by atoms with Crippen LogP contribution in [-0.2, 0) is 22.4 Å². The van der Waals surface area contributed by atoms with Gasteiger partial charge >= 0.3 is 0 Å². The average molecular weight is 403 g/mol. The molecule has 2 aliphatic rings. The SMILES string of the molecule is CCn1nccc1C(=O)N1CCC(c2nc(CCOCC3CCOCC3)no2)C1. The summed E-state index contributed by atoms with van der Waals surface area (Å²) in [6, 6.07) is 1.77. The Labute approximate surface area is 170 Å². The highest BCUT2D eigenvalue weighted by Crippen LogP contribution is 2.27. The van der Waals surface area contributed by atoms with Crippen LogP contribution in [-0.4, -0.2) is 70.2 Å². The van der Waals surface area contributed by atoms with Crippen molar-refractivity contribution in [3.05, 3.63) is 29.7 Å². The number of carbonyl (C=O) groups is 1. The topological polar surface area (TPSA) is 95.5 Å². The number of aromatic nitrogens is 4. The molecule has 0 saturated carbocycles. The van der Waals surface area contributed by atoms with Crippen molar-refractivity contribution < 1.29 is 18.8 Å². The molecule has 2 aromatic heterocycles. The summed E-state index contributed by atoms with van der Waals surface area (Å²) < 4.78 is 18.3. The van der Waals surface area contributed by atoms with E-state index in [0.717, 1.165) is 39.1 Å². The minimum absolute atomic E-state index is 0.00750. The van der Waals surface area contributed by atoms with E-state index in [0.29, 0.717) is 56.0 Å². The molecule has 0 spiro atoms. The molecule has 0 aromatic carbocycles. The van der Waals surface area contributed by atoms with Gasteiger partial charge < -0.3 is 18.9 Å². The van der Waals surface area contributed by atoms with Crippen LogP contribution >= 0.6 is 0 Å². The summed E-state index contributed by atoms with van der Waals surface area (Å²) in [7, 11) is 0. The van der Waals surface area contributed by atoms with E-state index in [1.165, 1.54) is 0 Å². The van der Waals surface area contributed by atoms with Crippen molar-refractivity contribution in [1.82, 2.24) is 24.8 Å². The van der Waals surface area contributed by atoms with E-state index in [-0.39, 0.29) is 11.8 Å². The Balaban J connectivity index is 1.24. The third-order valence-electron chi connectivity index (χ3n) is 5.71. The summed E-state index contributed by atoms with van der Waals surface area (Å²) in [4.78, 5) is 19.1. The third-order valence-corrected chi connectivity index (χ3v) is 5.71. The minimum atomic E-state index is 0.00750. The van der Waals surface area contributed by atoms with Crippen molar-refractivity contribution in [2.24, 2.45) is 5.92 Å². The van der Waals surface area contributed by atoms with Crippen LogP contribution in [0.25, 0.3) is 0 Å². The van der Waals surface area contributed by atoms with Crippen LogP contribution in [0, 0.1) is 5.92 Å². The van der Waals surface area contributed by atoms with E-state index in [1.807, 2.05) is 11.8 Å². The van der Waals surface area contributed by atoms with Gasteiger partial charge in [0.25, 0.3) is 5.91 Å². The maximum Gasteiger partial charge on any atom is 0.272 e. The fourth-order valence-corrected chi connectivity index (χ4v) is 3.94. The number of aryl methyl sites for hydroxylation is 1. The summed E-state index contributed by atoms with van der Waals surface area (Å²) in [5, 5.41) is 8.27. The molecule has 1 unspecified atom stereocenters. The highest BCUT2D eigenvalue weighted by atomic mass is 16.5. The third kappa shape index (κ3) is 4.84. The van der Waals surface area contributed by atoms with Crippen molar-refractivity contribution in [2.45, 2.75) is 45.1 Å². The maximum absolute atomic E-state index is 12.7. The smallest absolute Gasteiger partial charge is 0.272 e. The van der Waals surface area contributed by atoms with E-state index < -0.39 is 0 Å². The Morgan fingerprint density at radius 3 is 3.00 bits per heavy atom. The van der Waals surface area contributed by atoms with Crippen LogP contribution in [0.15, 0.2) is 16.8 Å². The monoisotopic (exact) mass is 403 g/mol. The zero-order valence-electron chi connectivity index (χ0n) is 17.0. The predicted octanol–water partition coefficient (Wildman–Crippen LogP) is 1.90. The summed E-state index contributed by atoms with van der Waals surface area (Å²) in [5.74, 6) is 1.97. The first-order valence-corrected chi connectivity index (χ1v) is 10.5. The quantitative estimate of drug-likeness (QED) is 0.621. The number of hydrogen-bond donors (Lipinski definition) is 0. The molecule has 1 atom stereocenters. The highest BCUT2D eigenvalue weighted by molar-refractivity contribution is 5.92. The van der Waals surface area contributed by atoms with Crippen LogP contribution in [0.4, 0.5) is 0 Å². The lowest BCUT2D eigenvalue weighted by Crippen LogP contribution is -2.30. The van der Waals surface area contributed by atoms with E-state index in [2.05, 4.69) is 15.2 Å². The summed E-state index contributed by atoms with van der Waals surface area (Å²) >= 11 is 0. The van der Waals surface area contributed by atoms with Crippen LogP contribution in [0.5, 0.6) is 0 Å². The molecule has 0 bridgehead atoms. The van der Waals surface area contributed by atoms with Crippen LogP contribution in [0.3, 0.4) is 0 Å². The van der Waals surface area contributed by atoms with Gasteiger partial charge in [-0.3, -0.25) is 9.48 Å². The van der Waals surface area contributed by atoms with Crippen molar-refractivity contribution in [1.29, 1.82) is 0 Å². The molecule has 1 amide bonds. The standard InChI is InChI=1S/C20H29N5O4/c1-2-25-17(3-8-21-25)20(26)24-9-4-16(13-24)19-22-18(23-29-19)7-12-28-14-15-5-10-27-11-6-15/h3,8,15-16H,2,4-7,9-14H2,1H3. The second kappa shape index (κ2) is 9.49. The number of nitrogens with zero attached hydrogens (tertiary/aromatic N) is 5. The molecule has 4 rings (SSSR count). The molecular weight excluding hydrogens is 374 g/mol. The van der Waals surface area contributed by atoms with Gasteiger partial charge in [-0.25, -0.2) is 0 Å².